The topological polar surface area (TPSA) is 56.9 Å². The number of nitrogens with zero attached hydrogens (tertiary/aromatic N) is 3. The standard InChI is InChI=1S/C33H28F3N3O2/c1-5-30(24-14-28(35)21(4)29(36)15-24)39-17-25(22-6-9-26(34)10-7-22)13-27(33(39)41)32(40)23-8-11-31(19(2)12-23)38-16-20(3)37-18-38/h6-18,30H,5H2,1-4H3. The summed E-state index contributed by atoms with van der Waals surface area (Å²) >= 11 is 0. The van der Waals surface area contributed by atoms with Crippen LogP contribution < -0.4 is 5.56 Å². The quantitative estimate of drug-likeness (QED) is 0.199. The molecule has 1 unspecified atom stereocenters. The van der Waals surface area contributed by atoms with Crippen molar-refractivity contribution in [1.29, 1.82) is 0 Å². The molecule has 0 saturated carbocycles. The van der Waals surface area contributed by atoms with Crippen molar-refractivity contribution in [1.82, 2.24) is 14.1 Å². The van der Waals surface area contributed by atoms with Gasteiger partial charge in [0.1, 0.15) is 17.5 Å². The smallest absolute Gasteiger partial charge is 0.262 e. The second-order valence-corrected chi connectivity index (χ2v) is 10.1. The molecule has 5 nitrogen and oxygen atoms in total. The first kappa shape index (κ1) is 27.8. The van der Waals surface area contributed by atoms with Gasteiger partial charge in [-0.15, -0.1) is 0 Å². The van der Waals surface area contributed by atoms with Crippen LogP contribution in [0.15, 0.2) is 84.2 Å². The molecule has 5 rings (SSSR count). The van der Waals surface area contributed by atoms with E-state index >= 15 is 0 Å². The summed E-state index contributed by atoms with van der Waals surface area (Å²) in [5.41, 5.74) is 3.32. The predicted molar refractivity (Wildman–Crippen MR) is 152 cm³/mol. The summed E-state index contributed by atoms with van der Waals surface area (Å²) in [7, 11) is 0. The average molecular weight is 556 g/mol. The minimum Gasteiger partial charge on any atom is -0.307 e. The molecule has 0 bridgehead atoms. The zero-order valence-electron chi connectivity index (χ0n) is 23.1. The zero-order valence-corrected chi connectivity index (χ0v) is 23.1. The Bertz CT molecular complexity index is 1820. The van der Waals surface area contributed by atoms with E-state index in [1.165, 1.54) is 41.8 Å². The van der Waals surface area contributed by atoms with Crippen LogP contribution in [0.3, 0.4) is 0 Å². The van der Waals surface area contributed by atoms with Gasteiger partial charge in [-0.1, -0.05) is 19.1 Å². The maximum atomic E-state index is 14.5. The van der Waals surface area contributed by atoms with Crippen molar-refractivity contribution in [3.05, 3.63) is 141 Å². The van der Waals surface area contributed by atoms with Crippen LogP contribution in [0.2, 0.25) is 0 Å². The highest BCUT2D eigenvalue weighted by molar-refractivity contribution is 6.09. The van der Waals surface area contributed by atoms with Crippen molar-refractivity contribution in [2.24, 2.45) is 0 Å². The normalized spacial score (nSPS) is 12.0. The molecule has 8 heteroatoms. The molecular weight excluding hydrogens is 527 g/mol. The highest BCUT2D eigenvalue weighted by Gasteiger charge is 2.23. The lowest BCUT2D eigenvalue weighted by Gasteiger charge is -2.22. The van der Waals surface area contributed by atoms with Gasteiger partial charge >= 0.3 is 0 Å². The Morgan fingerprint density at radius 1 is 0.878 bits per heavy atom. The second-order valence-electron chi connectivity index (χ2n) is 10.1. The van der Waals surface area contributed by atoms with Gasteiger partial charge in [-0.2, -0.15) is 0 Å². The fourth-order valence-electron chi connectivity index (χ4n) is 5.04. The Kier molecular flexibility index (Phi) is 7.49. The summed E-state index contributed by atoms with van der Waals surface area (Å²) in [6.07, 6.45) is 5.42. The molecule has 2 heterocycles. The van der Waals surface area contributed by atoms with E-state index in [1.54, 1.807) is 49.8 Å². The van der Waals surface area contributed by atoms with Crippen molar-refractivity contribution in [2.45, 2.75) is 40.2 Å². The fourth-order valence-corrected chi connectivity index (χ4v) is 5.04. The first-order chi connectivity index (χ1) is 19.6. The van der Waals surface area contributed by atoms with Crippen molar-refractivity contribution in [3.8, 4) is 16.8 Å². The van der Waals surface area contributed by atoms with Crippen LogP contribution in [0.5, 0.6) is 0 Å². The number of rotatable bonds is 7. The van der Waals surface area contributed by atoms with Gasteiger partial charge in [0.15, 0.2) is 5.78 Å². The number of carbonyl (C=O) groups is 1. The first-order valence-electron chi connectivity index (χ1n) is 13.2. The second kappa shape index (κ2) is 11.0. The van der Waals surface area contributed by atoms with E-state index in [4.69, 9.17) is 0 Å². The molecule has 0 radical (unpaired) electrons. The van der Waals surface area contributed by atoms with Gasteiger partial charge in [-0.25, -0.2) is 18.2 Å². The molecule has 0 aliphatic rings. The van der Waals surface area contributed by atoms with Crippen LogP contribution in [0.1, 0.15) is 57.7 Å². The van der Waals surface area contributed by atoms with Gasteiger partial charge in [-0.3, -0.25) is 9.59 Å². The minimum atomic E-state index is -0.757. The molecule has 0 fully saturated rings. The number of aromatic nitrogens is 3. The van der Waals surface area contributed by atoms with Gasteiger partial charge in [-0.05, 0) is 98.0 Å². The molecule has 0 saturated heterocycles. The van der Waals surface area contributed by atoms with E-state index in [2.05, 4.69) is 4.98 Å². The average Bonchev–Trinajstić information content (AvgIpc) is 3.38. The van der Waals surface area contributed by atoms with Crippen molar-refractivity contribution >= 4 is 5.78 Å². The van der Waals surface area contributed by atoms with Crippen molar-refractivity contribution < 1.29 is 18.0 Å². The molecule has 0 amide bonds. The van der Waals surface area contributed by atoms with Crippen LogP contribution in [-0.2, 0) is 0 Å². The van der Waals surface area contributed by atoms with E-state index in [0.29, 0.717) is 23.1 Å². The van der Waals surface area contributed by atoms with E-state index in [-0.39, 0.29) is 16.7 Å². The summed E-state index contributed by atoms with van der Waals surface area (Å²) in [4.78, 5) is 32.0. The number of pyridine rings is 1. The maximum Gasteiger partial charge on any atom is 0.262 e. The van der Waals surface area contributed by atoms with Crippen LogP contribution in [0.25, 0.3) is 16.8 Å². The molecule has 0 aliphatic carbocycles. The Hall–Kier alpha value is -4.72. The summed E-state index contributed by atoms with van der Waals surface area (Å²) in [6, 6.07) is 14.0. The van der Waals surface area contributed by atoms with E-state index in [9.17, 15) is 22.8 Å². The third kappa shape index (κ3) is 5.37. The molecule has 41 heavy (non-hydrogen) atoms. The Balaban J connectivity index is 1.67. The largest absolute Gasteiger partial charge is 0.307 e. The highest BCUT2D eigenvalue weighted by Crippen LogP contribution is 2.28. The molecular formula is C33H28F3N3O2. The van der Waals surface area contributed by atoms with Crippen molar-refractivity contribution in [2.75, 3.05) is 0 Å². The zero-order chi connectivity index (χ0) is 29.4. The summed E-state index contributed by atoms with van der Waals surface area (Å²) < 4.78 is 46.0. The molecule has 3 aromatic carbocycles. The highest BCUT2D eigenvalue weighted by atomic mass is 19.1. The molecule has 5 aromatic rings. The number of halogens is 3. The molecule has 0 aliphatic heterocycles. The number of hydrogen-bond acceptors (Lipinski definition) is 3. The SMILES string of the molecule is CCC(c1cc(F)c(C)c(F)c1)n1cc(-c2ccc(F)cc2)cc(C(=O)c2ccc(-n3cnc(C)c3)c(C)c2)c1=O. The number of benzene rings is 3. The van der Waals surface area contributed by atoms with Crippen LogP contribution in [-0.4, -0.2) is 19.9 Å². The number of imidazole rings is 1. The molecule has 0 N–H and O–H groups in total. The summed E-state index contributed by atoms with van der Waals surface area (Å²) in [6.45, 7) is 6.88. The van der Waals surface area contributed by atoms with Gasteiger partial charge in [0.2, 0.25) is 0 Å². The molecule has 1 atom stereocenters. The van der Waals surface area contributed by atoms with Crippen LogP contribution in [0.4, 0.5) is 13.2 Å². The van der Waals surface area contributed by atoms with Crippen LogP contribution >= 0.6 is 0 Å². The fraction of sp³-hybridized carbons (Fsp3) is 0.182. The summed E-state index contributed by atoms with van der Waals surface area (Å²) in [5.74, 6) is -2.37. The van der Waals surface area contributed by atoms with Gasteiger partial charge in [0.25, 0.3) is 5.56 Å². The van der Waals surface area contributed by atoms with Gasteiger partial charge < -0.3 is 9.13 Å². The predicted octanol–water partition coefficient (Wildman–Crippen LogP) is 7.27. The number of hydrogen-bond donors (Lipinski definition) is 0. The lowest BCUT2D eigenvalue weighted by atomic mass is 9.97. The molecule has 0 spiro atoms. The third-order valence-corrected chi connectivity index (χ3v) is 7.32. The van der Waals surface area contributed by atoms with Gasteiger partial charge in [0.05, 0.1) is 23.6 Å². The lowest BCUT2D eigenvalue weighted by Crippen LogP contribution is -2.30. The number of ketones is 1. The summed E-state index contributed by atoms with van der Waals surface area (Å²) in [5, 5.41) is 0. The maximum absolute atomic E-state index is 14.5. The van der Waals surface area contributed by atoms with E-state index in [0.717, 1.165) is 16.9 Å². The number of carbonyl (C=O) groups excluding carboxylic acids is 1. The Morgan fingerprint density at radius 2 is 1.56 bits per heavy atom. The van der Waals surface area contributed by atoms with E-state index in [1.807, 2.05) is 24.6 Å². The minimum absolute atomic E-state index is 0.107. The Labute approximate surface area is 235 Å². The van der Waals surface area contributed by atoms with Gasteiger partial charge in [0, 0.05) is 29.2 Å². The first-order valence-corrected chi connectivity index (χ1v) is 13.2. The molecule has 208 valence electrons. The van der Waals surface area contributed by atoms with Crippen LogP contribution in [0, 0.1) is 38.2 Å². The monoisotopic (exact) mass is 555 g/mol. The van der Waals surface area contributed by atoms with E-state index < -0.39 is 34.8 Å². The Morgan fingerprint density at radius 3 is 2.15 bits per heavy atom. The number of aryl methyl sites for hydroxylation is 2. The third-order valence-electron chi connectivity index (χ3n) is 7.32. The lowest BCUT2D eigenvalue weighted by molar-refractivity contribution is 0.103. The van der Waals surface area contributed by atoms with Crippen molar-refractivity contribution in [3.63, 3.8) is 0 Å². The molecule has 2 aromatic heterocycles.